The summed E-state index contributed by atoms with van der Waals surface area (Å²) in [4.78, 5) is 14.2. The second-order valence-electron chi connectivity index (χ2n) is 15.8. The van der Waals surface area contributed by atoms with E-state index in [1.54, 1.807) is 0 Å². The van der Waals surface area contributed by atoms with Crippen LogP contribution in [0.1, 0.15) is 97.5 Å². The van der Waals surface area contributed by atoms with Gasteiger partial charge in [0.05, 0.1) is 12.2 Å². The molecule has 0 radical (unpaired) electrons. The maximum Gasteiger partial charge on any atom is 0.306 e. The van der Waals surface area contributed by atoms with Crippen molar-refractivity contribution < 1.29 is 18.4 Å². The highest BCUT2D eigenvalue weighted by Gasteiger charge is 2.49. The molecule has 1 aliphatic rings. The molecular weight excluding hydrogens is 597 g/mol. The summed E-state index contributed by atoms with van der Waals surface area (Å²) >= 11 is 1.86. The van der Waals surface area contributed by atoms with Crippen LogP contribution in [0.15, 0.2) is 55.6 Å². The van der Waals surface area contributed by atoms with Crippen molar-refractivity contribution in [2.45, 2.75) is 141 Å². The normalized spacial score (nSPS) is 22.2. The Morgan fingerprint density at radius 3 is 2.23 bits per heavy atom. The third-order valence-electron chi connectivity index (χ3n) is 10.5. The third kappa shape index (κ3) is 9.28. The Morgan fingerprint density at radius 2 is 1.64 bits per heavy atom. The SMILES string of the molecule is C=CCCCC(=O)O[C@H]1C[C@@H](O[Si](C)(C)C(C)(C)C)[C@H](CC[C@@H](O[Si](C)(C)C(C)(C)C)c2cc3ccccc3s2)[C@H]1CC=C. The average Bonchev–Trinajstić information content (AvgIpc) is 3.46. The largest absolute Gasteiger partial charge is 0.462 e. The lowest BCUT2D eigenvalue weighted by Crippen LogP contribution is -2.45. The van der Waals surface area contributed by atoms with Crippen molar-refractivity contribution in [1.29, 1.82) is 0 Å². The number of ether oxygens (including phenoxy) is 1. The number of fused-ring (bicyclic) bond motifs is 1. The summed E-state index contributed by atoms with van der Waals surface area (Å²) in [6, 6.07) is 11.0. The van der Waals surface area contributed by atoms with Crippen molar-refractivity contribution in [3.05, 3.63) is 60.5 Å². The van der Waals surface area contributed by atoms with Crippen LogP contribution in [-0.4, -0.2) is 34.8 Å². The van der Waals surface area contributed by atoms with Crippen LogP contribution in [0, 0.1) is 11.8 Å². The molecule has 0 spiro atoms. The van der Waals surface area contributed by atoms with Gasteiger partial charge in [-0.25, -0.2) is 0 Å². The average molecular weight is 657 g/mol. The third-order valence-corrected chi connectivity index (χ3v) is 20.7. The first-order valence-corrected chi connectivity index (χ1v) is 23.3. The van der Waals surface area contributed by atoms with Gasteiger partial charge in [-0.15, -0.1) is 24.5 Å². The molecule has 1 aliphatic carbocycles. The second kappa shape index (κ2) is 14.9. The predicted octanol–water partition coefficient (Wildman–Crippen LogP) is 11.6. The summed E-state index contributed by atoms with van der Waals surface area (Å²) in [7, 11) is -4.12. The summed E-state index contributed by atoms with van der Waals surface area (Å²) < 4.78 is 21.9. The molecule has 0 bridgehead atoms. The van der Waals surface area contributed by atoms with E-state index in [9.17, 15) is 4.79 Å². The molecule has 4 nitrogen and oxygen atoms in total. The topological polar surface area (TPSA) is 44.8 Å². The molecule has 7 heteroatoms. The van der Waals surface area contributed by atoms with Gasteiger partial charge in [0, 0.05) is 28.3 Å². The zero-order valence-electron chi connectivity index (χ0n) is 29.3. The summed E-state index contributed by atoms with van der Waals surface area (Å²) in [5.74, 6) is 0.330. The molecule has 3 rings (SSSR count). The van der Waals surface area contributed by atoms with Crippen LogP contribution < -0.4 is 0 Å². The number of esters is 1. The summed E-state index contributed by atoms with van der Waals surface area (Å²) in [5, 5.41) is 1.49. The first-order chi connectivity index (χ1) is 20.4. The minimum absolute atomic E-state index is 0.0201. The molecule has 1 aromatic carbocycles. The van der Waals surface area contributed by atoms with Gasteiger partial charge in [-0.2, -0.15) is 0 Å². The molecule has 246 valence electrons. The molecule has 0 N–H and O–H groups in total. The van der Waals surface area contributed by atoms with Crippen molar-refractivity contribution in [3.63, 3.8) is 0 Å². The second-order valence-corrected chi connectivity index (χ2v) is 26.5. The number of hydrogen-bond donors (Lipinski definition) is 0. The van der Waals surface area contributed by atoms with Gasteiger partial charge in [0.1, 0.15) is 6.10 Å². The first-order valence-electron chi connectivity index (χ1n) is 16.7. The van der Waals surface area contributed by atoms with Crippen molar-refractivity contribution in [1.82, 2.24) is 0 Å². The first kappa shape index (κ1) is 36.9. The van der Waals surface area contributed by atoms with E-state index < -0.39 is 16.6 Å². The van der Waals surface area contributed by atoms with Crippen molar-refractivity contribution in [2.75, 3.05) is 0 Å². The number of carbonyl (C=O) groups excluding carboxylic acids is 1. The molecule has 0 amide bonds. The van der Waals surface area contributed by atoms with Crippen molar-refractivity contribution >= 4 is 44.0 Å². The van der Waals surface area contributed by atoms with E-state index in [0.29, 0.717) is 6.42 Å². The number of thiophene rings is 1. The van der Waals surface area contributed by atoms with Gasteiger partial charge < -0.3 is 13.6 Å². The zero-order chi connectivity index (χ0) is 32.9. The van der Waals surface area contributed by atoms with Crippen LogP contribution in [0.4, 0.5) is 0 Å². The fourth-order valence-corrected chi connectivity index (χ4v) is 9.70. The number of benzene rings is 1. The van der Waals surface area contributed by atoms with Crippen LogP contribution >= 0.6 is 11.3 Å². The van der Waals surface area contributed by atoms with Crippen LogP contribution in [0.2, 0.25) is 36.3 Å². The highest BCUT2D eigenvalue weighted by molar-refractivity contribution is 7.19. The van der Waals surface area contributed by atoms with Gasteiger partial charge in [-0.1, -0.05) is 71.9 Å². The van der Waals surface area contributed by atoms with Crippen LogP contribution in [0.25, 0.3) is 10.1 Å². The Hall–Kier alpha value is -1.52. The van der Waals surface area contributed by atoms with Gasteiger partial charge in [-0.3, -0.25) is 4.79 Å². The van der Waals surface area contributed by atoms with Gasteiger partial charge >= 0.3 is 5.97 Å². The van der Waals surface area contributed by atoms with Gasteiger partial charge in [0.25, 0.3) is 0 Å². The summed E-state index contributed by atoms with van der Waals surface area (Å²) in [5.41, 5.74) is 0. The molecule has 0 unspecified atom stereocenters. The number of allylic oxidation sites excluding steroid dienone is 2. The Balaban J connectivity index is 1.95. The molecule has 1 fully saturated rings. The van der Waals surface area contributed by atoms with E-state index in [4.69, 9.17) is 13.6 Å². The molecule has 1 aromatic heterocycles. The van der Waals surface area contributed by atoms with E-state index in [1.165, 1.54) is 15.0 Å². The van der Waals surface area contributed by atoms with Gasteiger partial charge in [0.15, 0.2) is 16.6 Å². The molecule has 44 heavy (non-hydrogen) atoms. The monoisotopic (exact) mass is 656 g/mol. The van der Waals surface area contributed by atoms with E-state index in [0.717, 1.165) is 38.5 Å². The van der Waals surface area contributed by atoms with E-state index >= 15 is 0 Å². The van der Waals surface area contributed by atoms with E-state index in [1.807, 2.05) is 23.5 Å². The minimum atomic E-state index is -2.06. The molecule has 0 aliphatic heterocycles. The number of unbranched alkanes of at least 4 members (excludes halogenated alkanes) is 1. The lowest BCUT2D eigenvalue weighted by Gasteiger charge is -2.41. The fourth-order valence-electron chi connectivity index (χ4n) is 5.79. The predicted molar refractivity (Wildman–Crippen MR) is 194 cm³/mol. The Bertz CT molecular complexity index is 1220. The number of carbonyl (C=O) groups is 1. The number of rotatable bonds is 15. The van der Waals surface area contributed by atoms with E-state index in [2.05, 4.69) is 111 Å². The Labute approximate surface area is 274 Å². The van der Waals surface area contributed by atoms with Crippen molar-refractivity contribution in [2.24, 2.45) is 11.8 Å². The molecule has 1 saturated carbocycles. The van der Waals surface area contributed by atoms with E-state index in [-0.39, 0.29) is 46.2 Å². The summed E-state index contributed by atoms with van der Waals surface area (Å²) in [6.07, 6.45) is 9.22. The van der Waals surface area contributed by atoms with Crippen LogP contribution in [0.3, 0.4) is 0 Å². The lowest BCUT2D eigenvalue weighted by molar-refractivity contribution is -0.151. The maximum absolute atomic E-state index is 12.9. The Morgan fingerprint density at radius 1 is 0.977 bits per heavy atom. The standard InChI is InChI=1S/C37H60O4SSi2/c1-13-15-16-22-35(38)39-31-26-32(41-44(11,12)37(6,7)8)29(28(31)19-14-2)23-24-30(40-43(9,10)36(3,4)5)34-25-27-20-17-18-21-33(27)42-34/h13-14,17-18,20-21,25,28-32H,1-2,15-16,19,22-24,26H2,3-12H3/t28-,29-,30-,31+,32-/m1/s1. The lowest BCUT2D eigenvalue weighted by atomic mass is 9.86. The number of hydrogen-bond acceptors (Lipinski definition) is 5. The molecule has 1 heterocycles. The van der Waals surface area contributed by atoms with Crippen LogP contribution in [-0.2, 0) is 18.4 Å². The van der Waals surface area contributed by atoms with Crippen molar-refractivity contribution in [3.8, 4) is 0 Å². The molecule has 0 saturated heterocycles. The van der Waals surface area contributed by atoms with Crippen LogP contribution in [0.5, 0.6) is 0 Å². The fraction of sp³-hybridized carbons (Fsp3) is 0.649. The highest BCUT2D eigenvalue weighted by Crippen LogP contribution is 2.48. The highest BCUT2D eigenvalue weighted by atomic mass is 32.1. The van der Waals surface area contributed by atoms with Gasteiger partial charge in [-0.05, 0) is 91.8 Å². The van der Waals surface area contributed by atoms with Gasteiger partial charge in [0.2, 0.25) is 0 Å². The molecule has 2 aromatic rings. The minimum Gasteiger partial charge on any atom is -0.462 e. The zero-order valence-corrected chi connectivity index (χ0v) is 32.1. The maximum atomic E-state index is 12.9. The molecular formula is C37H60O4SSi2. The summed E-state index contributed by atoms with van der Waals surface area (Å²) in [6.45, 7) is 31.1. The smallest absolute Gasteiger partial charge is 0.306 e. The molecule has 5 atom stereocenters. The Kier molecular flexibility index (Phi) is 12.5. The quantitative estimate of drug-likeness (QED) is 0.0828.